The van der Waals surface area contributed by atoms with Gasteiger partial charge in [-0.2, -0.15) is 33.7 Å². The average molecular weight is 703 g/mol. The summed E-state index contributed by atoms with van der Waals surface area (Å²) in [6.45, 7) is -2.19. The normalized spacial score (nSPS) is 15.5. The van der Waals surface area contributed by atoms with E-state index in [-0.39, 0.29) is 11.1 Å². The Morgan fingerprint density at radius 1 is 0.500 bits per heavy atom. The van der Waals surface area contributed by atoms with Crippen LogP contribution in [0.1, 0.15) is 20.7 Å². The van der Waals surface area contributed by atoms with Gasteiger partial charge in [0.2, 0.25) is 0 Å². The molecule has 0 aliphatic rings. The van der Waals surface area contributed by atoms with Crippen LogP contribution in [0.3, 0.4) is 0 Å². The predicted octanol–water partition coefficient (Wildman–Crippen LogP) is 0.0796. The van der Waals surface area contributed by atoms with Crippen molar-refractivity contribution in [3.8, 4) is 0 Å². The van der Waals surface area contributed by atoms with E-state index in [9.17, 15) is 43.3 Å². The fourth-order valence-corrected chi connectivity index (χ4v) is 6.00. The first-order valence-corrected chi connectivity index (χ1v) is 19.4. The molecule has 0 amide bonds. The second-order valence-corrected chi connectivity index (χ2v) is 15.5. The molecule has 4 atom stereocenters. The zero-order chi connectivity index (χ0) is 33.3. The average Bonchev–Trinajstić information content (AvgIpc) is 2.89. The molecule has 0 saturated heterocycles. The van der Waals surface area contributed by atoms with Gasteiger partial charge in [-0.05, 0) is 24.3 Å². The molecule has 0 aliphatic heterocycles. The lowest BCUT2D eigenvalue weighted by molar-refractivity contribution is -0.0850. The summed E-state index contributed by atoms with van der Waals surface area (Å²) in [5, 5.41) is 0. The summed E-state index contributed by atoms with van der Waals surface area (Å²) in [6, 6.07) is 14.5. The van der Waals surface area contributed by atoms with Crippen molar-refractivity contribution in [2.24, 2.45) is 0 Å². The van der Waals surface area contributed by atoms with E-state index in [1.807, 2.05) is 0 Å². The fourth-order valence-electron chi connectivity index (χ4n) is 3.49. The van der Waals surface area contributed by atoms with Crippen LogP contribution in [0.2, 0.25) is 0 Å². The predicted molar refractivity (Wildman–Crippen MR) is 152 cm³/mol. The monoisotopic (exact) mass is 702 g/mol. The molecule has 44 heavy (non-hydrogen) atoms. The summed E-state index contributed by atoms with van der Waals surface area (Å²) in [5.41, 5.74) is -0.0255. The lowest BCUT2D eigenvalue weighted by Gasteiger charge is -2.34. The van der Waals surface area contributed by atoms with E-state index >= 15 is 0 Å². The molecule has 0 radical (unpaired) electrons. The number of carbonyl (C=O) groups excluding carboxylic acids is 2. The minimum atomic E-state index is -4.67. The SMILES string of the molecule is CS(=O)(=O)OC(COC(=O)c1ccccc1)C(OS(C)(=O)=O)C(OS(C)(=O)=O)C(COC(=O)c1ccccc1)OS(C)(=O)=O. The molecule has 2 rings (SSSR count). The first kappa shape index (κ1) is 37.2. The molecular weight excluding hydrogens is 673 g/mol. The van der Waals surface area contributed by atoms with E-state index in [4.69, 9.17) is 26.2 Å². The van der Waals surface area contributed by atoms with Crippen molar-refractivity contribution in [2.45, 2.75) is 24.4 Å². The second kappa shape index (κ2) is 15.3. The number of rotatable bonds is 17. The molecular formula is C24H30O16S4. The molecule has 0 spiro atoms. The minimum absolute atomic E-state index is 0.0127. The second-order valence-electron chi connectivity index (χ2n) is 9.14. The number of hydrogen-bond acceptors (Lipinski definition) is 16. The summed E-state index contributed by atoms with van der Waals surface area (Å²) in [4.78, 5) is 25.2. The highest BCUT2D eigenvalue weighted by Gasteiger charge is 2.46. The summed E-state index contributed by atoms with van der Waals surface area (Å²) in [7, 11) is -18.4. The van der Waals surface area contributed by atoms with Crippen molar-refractivity contribution in [1.82, 2.24) is 0 Å². The standard InChI is InChI=1S/C24H30O16S4/c1-41(27,28)37-19(15-35-23(25)17-11-7-5-8-12-17)21(39-43(3,31)32)22(40-44(4,33)34)20(38-42(2,29)30)16-36-24(26)18-13-9-6-10-14-18/h5-14,19-22H,15-16H2,1-4H3. The van der Waals surface area contributed by atoms with E-state index < -0.39 is 90.0 Å². The van der Waals surface area contributed by atoms with Crippen molar-refractivity contribution in [2.75, 3.05) is 38.2 Å². The third-order valence-electron chi connectivity index (χ3n) is 5.00. The van der Waals surface area contributed by atoms with Crippen molar-refractivity contribution in [1.29, 1.82) is 0 Å². The smallest absolute Gasteiger partial charge is 0.338 e. The van der Waals surface area contributed by atoms with E-state index in [1.54, 1.807) is 12.1 Å². The topological polar surface area (TPSA) is 226 Å². The zero-order valence-electron chi connectivity index (χ0n) is 23.7. The molecule has 4 unspecified atom stereocenters. The maximum absolute atomic E-state index is 12.6. The first-order valence-electron chi connectivity index (χ1n) is 12.1. The molecule has 20 heteroatoms. The van der Waals surface area contributed by atoms with E-state index in [2.05, 4.69) is 0 Å². The van der Waals surface area contributed by atoms with Gasteiger partial charge in [0.15, 0.2) is 0 Å². The number of benzene rings is 2. The molecule has 0 heterocycles. The van der Waals surface area contributed by atoms with Gasteiger partial charge in [-0.15, -0.1) is 0 Å². The van der Waals surface area contributed by atoms with Gasteiger partial charge in [0.05, 0.1) is 36.1 Å². The van der Waals surface area contributed by atoms with Crippen LogP contribution >= 0.6 is 0 Å². The minimum Gasteiger partial charge on any atom is -0.459 e. The Bertz CT molecular complexity index is 1580. The van der Waals surface area contributed by atoms with Crippen molar-refractivity contribution < 1.29 is 69.5 Å². The lowest BCUT2D eigenvalue weighted by atomic mass is 10.0. The van der Waals surface area contributed by atoms with Crippen LogP contribution in [0.4, 0.5) is 0 Å². The fraction of sp³-hybridized carbons (Fsp3) is 0.417. The number of hydrogen-bond donors (Lipinski definition) is 0. The Kier molecular flexibility index (Phi) is 13.0. The Balaban J connectivity index is 2.63. The van der Waals surface area contributed by atoms with Crippen molar-refractivity contribution in [3.63, 3.8) is 0 Å². The summed E-state index contributed by atoms with van der Waals surface area (Å²) in [5.74, 6) is -2.07. The summed E-state index contributed by atoms with van der Waals surface area (Å²) in [6.07, 6.45) is -7.17. The van der Waals surface area contributed by atoms with Gasteiger partial charge < -0.3 is 9.47 Å². The number of carbonyl (C=O) groups is 2. The molecule has 0 N–H and O–H groups in total. The molecule has 0 aromatic heterocycles. The Labute approximate surface area is 255 Å². The van der Waals surface area contributed by atoms with E-state index in [1.165, 1.54) is 48.5 Å². The molecule has 2 aromatic rings. The van der Waals surface area contributed by atoms with Crippen LogP contribution in [0, 0.1) is 0 Å². The maximum atomic E-state index is 12.6. The largest absolute Gasteiger partial charge is 0.459 e. The molecule has 16 nitrogen and oxygen atoms in total. The number of ether oxygens (including phenoxy) is 2. The third kappa shape index (κ3) is 14.2. The Morgan fingerprint density at radius 2 is 0.773 bits per heavy atom. The van der Waals surface area contributed by atoms with Crippen molar-refractivity contribution in [3.05, 3.63) is 71.8 Å². The maximum Gasteiger partial charge on any atom is 0.338 e. The van der Waals surface area contributed by atoms with Crippen LogP contribution in [0.5, 0.6) is 0 Å². The molecule has 2 aromatic carbocycles. The highest BCUT2D eigenvalue weighted by Crippen LogP contribution is 2.24. The van der Waals surface area contributed by atoms with Crippen molar-refractivity contribution >= 4 is 52.4 Å². The molecule has 0 aliphatic carbocycles. The molecule has 0 saturated carbocycles. The molecule has 0 bridgehead atoms. The first-order chi connectivity index (χ1) is 20.1. The summed E-state index contributed by atoms with van der Waals surface area (Å²) >= 11 is 0. The van der Waals surface area contributed by atoms with Gasteiger partial charge in [-0.25, -0.2) is 9.59 Å². The summed E-state index contributed by atoms with van der Waals surface area (Å²) < 4.78 is 128. The Morgan fingerprint density at radius 3 is 1.02 bits per heavy atom. The third-order valence-corrected chi connectivity index (χ3v) is 7.34. The highest BCUT2D eigenvalue weighted by atomic mass is 32.2. The highest BCUT2D eigenvalue weighted by molar-refractivity contribution is 7.86. The van der Waals surface area contributed by atoms with Gasteiger partial charge in [0, 0.05) is 0 Å². The van der Waals surface area contributed by atoms with Crippen LogP contribution in [0.15, 0.2) is 60.7 Å². The van der Waals surface area contributed by atoms with E-state index in [0.29, 0.717) is 25.0 Å². The van der Waals surface area contributed by atoms with Crippen LogP contribution in [-0.2, 0) is 66.7 Å². The van der Waals surface area contributed by atoms with Crippen LogP contribution in [0.25, 0.3) is 0 Å². The van der Waals surface area contributed by atoms with Gasteiger partial charge in [0.25, 0.3) is 40.5 Å². The number of esters is 2. The molecule has 246 valence electrons. The van der Waals surface area contributed by atoms with Crippen LogP contribution in [-0.4, -0.2) is 108 Å². The van der Waals surface area contributed by atoms with Gasteiger partial charge in [-0.3, -0.25) is 16.7 Å². The lowest BCUT2D eigenvalue weighted by Crippen LogP contribution is -2.54. The zero-order valence-corrected chi connectivity index (χ0v) is 26.9. The van der Waals surface area contributed by atoms with E-state index in [0.717, 1.165) is 0 Å². The molecule has 0 fully saturated rings. The Hall–Kier alpha value is -2.98. The van der Waals surface area contributed by atoms with Crippen LogP contribution < -0.4 is 0 Å². The van der Waals surface area contributed by atoms with Gasteiger partial charge >= 0.3 is 11.9 Å². The van der Waals surface area contributed by atoms with Gasteiger partial charge in [-0.1, -0.05) is 36.4 Å². The van der Waals surface area contributed by atoms with Gasteiger partial charge in [0.1, 0.15) is 37.6 Å². The quantitative estimate of drug-likeness (QED) is 0.157.